The molecule has 2 aliphatic rings. The first-order valence-corrected chi connectivity index (χ1v) is 9.27. The maximum Gasteiger partial charge on any atom is 0.261 e. The van der Waals surface area contributed by atoms with Gasteiger partial charge in [-0.25, -0.2) is 4.98 Å². The number of aryl methyl sites for hydroxylation is 2. The van der Waals surface area contributed by atoms with Gasteiger partial charge in [0.05, 0.1) is 6.20 Å². The van der Waals surface area contributed by atoms with Crippen molar-refractivity contribution in [2.24, 2.45) is 0 Å². The fraction of sp³-hybridized carbons (Fsp3) is 0.474. The quantitative estimate of drug-likeness (QED) is 0.871. The lowest BCUT2D eigenvalue weighted by atomic mass is 9.95. The van der Waals surface area contributed by atoms with Crippen LogP contribution in [0.3, 0.4) is 0 Å². The van der Waals surface area contributed by atoms with Crippen molar-refractivity contribution in [2.45, 2.75) is 44.6 Å². The molecule has 4 rings (SSSR count). The Morgan fingerprint density at radius 2 is 2.12 bits per heavy atom. The molecule has 1 fully saturated rings. The molecular formula is C19H23N5O2. The van der Waals surface area contributed by atoms with Crippen molar-refractivity contribution in [1.29, 1.82) is 0 Å². The lowest BCUT2D eigenvalue weighted by Gasteiger charge is -2.33. The Hall–Kier alpha value is -2.70. The van der Waals surface area contributed by atoms with Crippen LogP contribution in [0.25, 0.3) is 0 Å². The Balaban J connectivity index is 1.47. The third kappa shape index (κ3) is 3.47. The van der Waals surface area contributed by atoms with Gasteiger partial charge in [0.25, 0.3) is 11.5 Å². The molecule has 1 saturated heterocycles. The van der Waals surface area contributed by atoms with E-state index < -0.39 is 0 Å². The second kappa shape index (κ2) is 7.27. The average molecular weight is 353 g/mol. The van der Waals surface area contributed by atoms with Crippen molar-refractivity contribution in [3.8, 4) is 0 Å². The van der Waals surface area contributed by atoms with Crippen LogP contribution in [-0.4, -0.2) is 40.0 Å². The third-order valence-corrected chi connectivity index (χ3v) is 5.21. The SMILES string of the molecule is O=C(NC1CCCN(c2cnccn2)C1)c1cc2c([nH]c1=O)CCCC2. The summed E-state index contributed by atoms with van der Waals surface area (Å²) < 4.78 is 0. The molecule has 0 radical (unpaired) electrons. The van der Waals surface area contributed by atoms with Crippen LogP contribution in [-0.2, 0) is 12.8 Å². The number of fused-ring (bicyclic) bond motifs is 1. The topological polar surface area (TPSA) is 91.0 Å². The second-order valence-corrected chi connectivity index (χ2v) is 7.05. The monoisotopic (exact) mass is 353 g/mol. The second-order valence-electron chi connectivity index (χ2n) is 7.05. The standard InChI is InChI=1S/C19H23N5O2/c25-18(15-10-13-4-1-2-6-16(13)23-19(15)26)22-14-5-3-9-24(12-14)17-11-20-7-8-21-17/h7-8,10-11,14H,1-6,9,12H2,(H,22,25)(H,23,26). The number of aromatic amines is 1. The van der Waals surface area contributed by atoms with Crippen molar-refractivity contribution in [3.63, 3.8) is 0 Å². The molecule has 0 saturated carbocycles. The summed E-state index contributed by atoms with van der Waals surface area (Å²) in [5.41, 5.74) is 2.03. The molecular weight excluding hydrogens is 330 g/mol. The zero-order chi connectivity index (χ0) is 17.9. The Morgan fingerprint density at radius 1 is 1.23 bits per heavy atom. The molecule has 2 aromatic rings. The molecule has 1 atom stereocenters. The van der Waals surface area contributed by atoms with Gasteiger partial charge in [0.15, 0.2) is 0 Å². The van der Waals surface area contributed by atoms with Crippen LogP contribution in [0.4, 0.5) is 5.82 Å². The van der Waals surface area contributed by atoms with Crippen molar-refractivity contribution in [1.82, 2.24) is 20.3 Å². The summed E-state index contributed by atoms with van der Waals surface area (Å²) in [4.78, 5) is 38.5. The number of carbonyl (C=O) groups is 1. The highest BCUT2D eigenvalue weighted by atomic mass is 16.2. The molecule has 0 aromatic carbocycles. The average Bonchev–Trinajstić information content (AvgIpc) is 2.68. The molecule has 1 unspecified atom stereocenters. The van der Waals surface area contributed by atoms with E-state index in [-0.39, 0.29) is 23.1 Å². The van der Waals surface area contributed by atoms with Gasteiger partial charge in [0, 0.05) is 37.2 Å². The van der Waals surface area contributed by atoms with Crippen molar-refractivity contribution >= 4 is 11.7 Å². The highest BCUT2D eigenvalue weighted by Gasteiger charge is 2.24. The van der Waals surface area contributed by atoms with E-state index in [2.05, 4.69) is 25.2 Å². The van der Waals surface area contributed by atoms with E-state index in [0.717, 1.165) is 62.1 Å². The van der Waals surface area contributed by atoms with Crippen molar-refractivity contribution in [2.75, 3.05) is 18.0 Å². The summed E-state index contributed by atoms with van der Waals surface area (Å²) in [7, 11) is 0. The molecule has 3 heterocycles. The maximum atomic E-state index is 12.7. The van der Waals surface area contributed by atoms with E-state index in [9.17, 15) is 9.59 Å². The predicted molar refractivity (Wildman–Crippen MR) is 98.4 cm³/mol. The van der Waals surface area contributed by atoms with E-state index >= 15 is 0 Å². The molecule has 136 valence electrons. The highest BCUT2D eigenvalue weighted by Crippen LogP contribution is 2.19. The van der Waals surface area contributed by atoms with Crippen molar-refractivity contribution < 1.29 is 4.79 Å². The number of pyridine rings is 1. The van der Waals surface area contributed by atoms with Crippen LogP contribution in [0.2, 0.25) is 0 Å². The fourth-order valence-electron chi connectivity index (χ4n) is 3.86. The molecule has 2 N–H and O–H groups in total. The first-order valence-electron chi connectivity index (χ1n) is 9.27. The molecule has 0 bridgehead atoms. The summed E-state index contributed by atoms with van der Waals surface area (Å²) in [6.45, 7) is 1.57. The lowest BCUT2D eigenvalue weighted by molar-refractivity contribution is 0.0931. The van der Waals surface area contributed by atoms with Gasteiger partial charge in [0.1, 0.15) is 11.4 Å². The largest absolute Gasteiger partial charge is 0.353 e. The Kier molecular flexibility index (Phi) is 4.69. The molecule has 1 aliphatic heterocycles. The zero-order valence-corrected chi connectivity index (χ0v) is 14.7. The third-order valence-electron chi connectivity index (χ3n) is 5.21. The van der Waals surface area contributed by atoms with E-state index in [1.54, 1.807) is 24.7 Å². The number of nitrogens with one attached hydrogen (secondary N) is 2. The van der Waals surface area contributed by atoms with Gasteiger partial charge < -0.3 is 15.2 Å². The smallest absolute Gasteiger partial charge is 0.261 e. The Labute approximate surface area is 151 Å². The molecule has 26 heavy (non-hydrogen) atoms. The van der Waals surface area contributed by atoms with Gasteiger partial charge in [0.2, 0.25) is 0 Å². The number of aromatic nitrogens is 3. The van der Waals surface area contributed by atoms with Gasteiger partial charge in [-0.2, -0.15) is 0 Å². The van der Waals surface area contributed by atoms with Gasteiger partial charge in [-0.3, -0.25) is 14.6 Å². The lowest BCUT2D eigenvalue weighted by Crippen LogP contribution is -2.48. The Bertz CT molecular complexity index is 849. The molecule has 1 amide bonds. The van der Waals surface area contributed by atoms with Crippen LogP contribution in [0, 0.1) is 0 Å². The number of hydrogen-bond donors (Lipinski definition) is 2. The van der Waals surface area contributed by atoms with Crippen molar-refractivity contribution in [3.05, 3.63) is 51.8 Å². The predicted octanol–water partition coefficient (Wildman–Crippen LogP) is 1.44. The Morgan fingerprint density at radius 3 is 2.96 bits per heavy atom. The fourth-order valence-corrected chi connectivity index (χ4v) is 3.86. The van der Waals surface area contributed by atoms with E-state index in [1.807, 2.05) is 0 Å². The molecule has 0 spiro atoms. The van der Waals surface area contributed by atoms with Crippen LogP contribution in [0.5, 0.6) is 0 Å². The van der Waals surface area contributed by atoms with Gasteiger partial charge >= 0.3 is 0 Å². The highest BCUT2D eigenvalue weighted by molar-refractivity contribution is 5.94. The molecule has 7 nitrogen and oxygen atoms in total. The zero-order valence-electron chi connectivity index (χ0n) is 14.7. The number of piperidine rings is 1. The maximum absolute atomic E-state index is 12.7. The van der Waals surface area contributed by atoms with E-state index in [1.165, 1.54) is 0 Å². The minimum Gasteiger partial charge on any atom is -0.353 e. The normalized spacial score (nSPS) is 19.7. The van der Waals surface area contributed by atoms with Gasteiger partial charge in [-0.05, 0) is 50.2 Å². The number of anilines is 1. The van der Waals surface area contributed by atoms with E-state index in [4.69, 9.17) is 0 Å². The van der Waals surface area contributed by atoms with Crippen LogP contribution in [0.1, 0.15) is 47.3 Å². The van der Waals surface area contributed by atoms with Gasteiger partial charge in [-0.1, -0.05) is 0 Å². The van der Waals surface area contributed by atoms with Crippen LogP contribution < -0.4 is 15.8 Å². The molecule has 2 aromatic heterocycles. The number of H-pyrrole nitrogens is 1. The first-order chi connectivity index (χ1) is 12.7. The number of hydrogen-bond acceptors (Lipinski definition) is 5. The van der Waals surface area contributed by atoms with Gasteiger partial charge in [-0.15, -0.1) is 0 Å². The molecule has 1 aliphatic carbocycles. The van der Waals surface area contributed by atoms with Crippen LogP contribution >= 0.6 is 0 Å². The summed E-state index contributed by atoms with van der Waals surface area (Å²) >= 11 is 0. The minimum absolute atomic E-state index is 0.00584. The first kappa shape index (κ1) is 16.8. The number of carbonyl (C=O) groups excluding carboxylic acids is 1. The number of amides is 1. The molecule has 7 heteroatoms. The number of rotatable bonds is 3. The van der Waals surface area contributed by atoms with E-state index in [0.29, 0.717) is 6.54 Å². The van der Waals surface area contributed by atoms with Crippen LogP contribution in [0.15, 0.2) is 29.5 Å². The minimum atomic E-state index is -0.287. The number of nitrogens with zero attached hydrogens (tertiary/aromatic N) is 3. The summed E-state index contributed by atoms with van der Waals surface area (Å²) in [5.74, 6) is 0.531. The summed E-state index contributed by atoms with van der Waals surface area (Å²) in [6.07, 6.45) is 10.9. The summed E-state index contributed by atoms with van der Waals surface area (Å²) in [5, 5.41) is 3.03. The summed E-state index contributed by atoms with van der Waals surface area (Å²) in [6, 6.07) is 1.78.